The van der Waals surface area contributed by atoms with Crippen LogP contribution in [0.1, 0.15) is 29.9 Å². The number of H-pyrrole nitrogens is 1. The van der Waals surface area contributed by atoms with Crippen LogP contribution in [0, 0.1) is 11.3 Å². The Bertz CT molecular complexity index is 1370. The number of nitrogen functional groups attached to an aromatic ring is 2. The summed E-state index contributed by atoms with van der Waals surface area (Å²) in [6.45, 7) is 1.99. The molecule has 0 saturated heterocycles. The van der Waals surface area contributed by atoms with Gasteiger partial charge < -0.3 is 16.8 Å². The lowest BCUT2D eigenvalue weighted by Crippen LogP contribution is -2.29. The van der Waals surface area contributed by atoms with Crippen LogP contribution >= 0.6 is 11.6 Å². The Morgan fingerprint density at radius 2 is 2.13 bits per heavy atom. The summed E-state index contributed by atoms with van der Waals surface area (Å²) in [6.07, 6.45) is 3.30. The molecule has 0 spiro atoms. The minimum absolute atomic E-state index is 0.0428. The van der Waals surface area contributed by atoms with Crippen LogP contribution in [0.3, 0.4) is 0 Å². The number of rotatable bonds is 5. The van der Waals surface area contributed by atoms with Gasteiger partial charge in [0, 0.05) is 11.8 Å². The Hall–Kier alpha value is -4.17. The average Bonchev–Trinajstić information content (AvgIpc) is 3.22. The first-order valence-electron chi connectivity index (χ1n) is 9.15. The standard InChI is InChI=1S/C19H17ClN10O/c1-9(26-16-11(5-21)15(22)28-19(23)29-16)17-27-13-4-2-3-12(20)14(13)18(31)30(17)8-10-6-24-25-7-10/h2-4,6-7,9H,8H2,1H3,(H,24,25)(H5,22,23,26,28,29)/t9-/m0/s1. The van der Waals surface area contributed by atoms with Crippen molar-refractivity contribution in [1.29, 1.82) is 5.26 Å². The molecule has 0 aliphatic carbocycles. The van der Waals surface area contributed by atoms with Crippen LogP contribution in [-0.2, 0) is 6.54 Å². The molecule has 11 nitrogen and oxygen atoms in total. The topological polar surface area (TPSA) is 177 Å². The molecule has 3 aromatic heterocycles. The SMILES string of the molecule is C[C@H](Nc1nc(N)nc(N)c1C#N)c1nc2cccc(Cl)c2c(=O)n1Cc1cn[nH]c1. The van der Waals surface area contributed by atoms with Crippen LogP contribution in [0.25, 0.3) is 10.9 Å². The van der Waals surface area contributed by atoms with Gasteiger partial charge in [0.25, 0.3) is 5.56 Å². The van der Waals surface area contributed by atoms with Crippen molar-refractivity contribution in [2.24, 2.45) is 0 Å². The molecule has 0 unspecified atom stereocenters. The minimum atomic E-state index is -0.552. The van der Waals surface area contributed by atoms with E-state index in [2.05, 4.69) is 30.5 Å². The van der Waals surface area contributed by atoms with Gasteiger partial charge in [0.05, 0.1) is 34.7 Å². The quantitative estimate of drug-likeness (QED) is 0.363. The van der Waals surface area contributed by atoms with Crippen molar-refractivity contribution < 1.29 is 0 Å². The highest BCUT2D eigenvalue weighted by Crippen LogP contribution is 2.25. The normalized spacial score (nSPS) is 11.9. The minimum Gasteiger partial charge on any atom is -0.382 e. The molecule has 0 saturated carbocycles. The summed E-state index contributed by atoms with van der Waals surface area (Å²) in [4.78, 5) is 25.9. The number of nitrogens with zero attached hydrogens (tertiary/aromatic N) is 6. The van der Waals surface area contributed by atoms with Crippen molar-refractivity contribution in [3.8, 4) is 6.07 Å². The van der Waals surface area contributed by atoms with Gasteiger partial charge in [-0.1, -0.05) is 17.7 Å². The zero-order valence-electron chi connectivity index (χ0n) is 16.3. The third-order valence-electron chi connectivity index (χ3n) is 4.66. The monoisotopic (exact) mass is 436 g/mol. The molecule has 0 fully saturated rings. The maximum atomic E-state index is 13.3. The largest absolute Gasteiger partial charge is 0.382 e. The van der Waals surface area contributed by atoms with Crippen molar-refractivity contribution in [3.05, 3.63) is 62.9 Å². The van der Waals surface area contributed by atoms with E-state index in [-0.39, 0.29) is 35.3 Å². The molecule has 1 aromatic carbocycles. The van der Waals surface area contributed by atoms with E-state index in [0.29, 0.717) is 21.7 Å². The zero-order valence-corrected chi connectivity index (χ0v) is 17.1. The Kier molecular flexibility index (Phi) is 5.14. The predicted molar refractivity (Wildman–Crippen MR) is 116 cm³/mol. The summed E-state index contributed by atoms with van der Waals surface area (Å²) in [7, 11) is 0. The van der Waals surface area contributed by atoms with Gasteiger partial charge in [0.1, 0.15) is 23.3 Å². The molecule has 156 valence electrons. The summed E-state index contributed by atoms with van der Waals surface area (Å²) in [5.74, 6) is 0.426. The second-order valence-corrected chi connectivity index (χ2v) is 7.18. The van der Waals surface area contributed by atoms with Crippen LogP contribution in [-0.4, -0.2) is 29.7 Å². The van der Waals surface area contributed by atoms with Gasteiger partial charge >= 0.3 is 0 Å². The fraction of sp³-hybridized carbons (Fsp3) is 0.158. The lowest BCUT2D eigenvalue weighted by Gasteiger charge is -2.20. The molecule has 31 heavy (non-hydrogen) atoms. The molecule has 0 radical (unpaired) electrons. The van der Waals surface area contributed by atoms with Crippen LogP contribution in [0.2, 0.25) is 5.02 Å². The molecule has 1 atom stereocenters. The fourth-order valence-corrected chi connectivity index (χ4v) is 3.50. The third-order valence-corrected chi connectivity index (χ3v) is 4.98. The number of benzene rings is 1. The molecule has 4 aromatic rings. The zero-order chi connectivity index (χ0) is 22.1. The van der Waals surface area contributed by atoms with E-state index in [1.807, 2.05) is 6.07 Å². The lowest BCUT2D eigenvalue weighted by molar-refractivity contribution is 0.639. The predicted octanol–water partition coefficient (Wildman–Crippen LogP) is 1.82. The highest BCUT2D eigenvalue weighted by atomic mass is 35.5. The van der Waals surface area contributed by atoms with E-state index in [1.54, 1.807) is 37.5 Å². The second kappa shape index (κ2) is 7.92. The number of hydrogen-bond donors (Lipinski definition) is 4. The number of hydrogen-bond acceptors (Lipinski definition) is 9. The van der Waals surface area contributed by atoms with Crippen molar-refractivity contribution in [2.45, 2.75) is 19.5 Å². The van der Waals surface area contributed by atoms with Gasteiger partial charge in [0.15, 0.2) is 5.82 Å². The molecule has 12 heteroatoms. The summed E-state index contributed by atoms with van der Waals surface area (Å²) in [6, 6.07) is 6.48. The van der Waals surface area contributed by atoms with E-state index >= 15 is 0 Å². The Labute approximate surface area is 180 Å². The average molecular weight is 437 g/mol. The van der Waals surface area contributed by atoms with Gasteiger partial charge in [-0.25, -0.2) is 4.98 Å². The molecule has 3 heterocycles. The molecule has 0 aliphatic heterocycles. The molecule has 0 aliphatic rings. The van der Waals surface area contributed by atoms with Crippen LogP contribution < -0.4 is 22.3 Å². The molecule has 0 bridgehead atoms. The van der Waals surface area contributed by atoms with Gasteiger partial charge in [-0.3, -0.25) is 14.5 Å². The number of halogens is 1. The number of aromatic amines is 1. The van der Waals surface area contributed by atoms with Gasteiger partial charge in [0.2, 0.25) is 5.95 Å². The summed E-state index contributed by atoms with van der Waals surface area (Å²) in [5.41, 5.74) is 12.5. The van der Waals surface area contributed by atoms with E-state index in [0.717, 1.165) is 5.56 Å². The van der Waals surface area contributed by atoms with Crippen LogP contribution in [0.4, 0.5) is 17.6 Å². The first kappa shape index (κ1) is 20.1. The molecule has 6 N–H and O–H groups in total. The maximum absolute atomic E-state index is 13.3. The summed E-state index contributed by atoms with van der Waals surface area (Å²) >= 11 is 6.28. The maximum Gasteiger partial charge on any atom is 0.263 e. The lowest BCUT2D eigenvalue weighted by atomic mass is 10.2. The first-order valence-corrected chi connectivity index (χ1v) is 9.53. The Morgan fingerprint density at radius 1 is 1.32 bits per heavy atom. The number of fused-ring (bicyclic) bond motifs is 1. The highest BCUT2D eigenvalue weighted by Gasteiger charge is 2.21. The van der Waals surface area contributed by atoms with Gasteiger partial charge in [-0.05, 0) is 19.1 Å². The van der Waals surface area contributed by atoms with E-state index < -0.39 is 6.04 Å². The van der Waals surface area contributed by atoms with Crippen LogP contribution in [0.5, 0.6) is 0 Å². The molecule has 0 amide bonds. The van der Waals surface area contributed by atoms with E-state index in [9.17, 15) is 10.1 Å². The van der Waals surface area contributed by atoms with Gasteiger partial charge in [-0.15, -0.1) is 0 Å². The molecular formula is C19H17ClN10O. The Morgan fingerprint density at radius 3 is 2.84 bits per heavy atom. The molecular weight excluding hydrogens is 420 g/mol. The van der Waals surface area contributed by atoms with Crippen molar-refractivity contribution in [1.82, 2.24) is 29.7 Å². The summed E-state index contributed by atoms with van der Waals surface area (Å²) in [5, 5.41) is 19.8. The second-order valence-electron chi connectivity index (χ2n) is 6.77. The van der Waals surface area contributed by atoms with Crippen molar-refractivity contribution in [2.75, 3.05) is 16.8 Å². The molecule has 4 rings (SSSR count). The van der Waals surface area contributed by atoms with Gasteiger partial charge in [-0.2, -0.15) is 20.3 Å². The number of aromatic nitrogens is 6. The van der Waals surface area contributed by atoms with E-state index in [1.165, 1.54) is 4.57 Å². The van der Waals surface area contributed by atoms with Crippen LogP contribution in [0.15, 0.2) is 35.4 Å². The number of nitriles is 1. The number of anilines is 3. The smallest absolute Gasteiger partial charge is 0.263 e. The number of nitrogens with two attached hydrogens (primary N) is 2. The van der Waals surface area contributed by atoms with Crippen molar-refractivity contribution in [3.63, 3.8) is 0 Å². The fourth-order valence-electron chi connectivity index (χ4n) is 3.25. The first-order chi connectivity index (χ1) is 14.9. The van der Waals surface area contributed by atoms with Crippen molar-refractivity contribution >= 4 is 40.1 Å². The third kappa shape index (κ3) is 3.72. The number of nitrogens with one attached hydrogen (secondary N) is 2. The highest BCUT2D eigenvalue weighted by molar-refractivity contribution is 6.35. The summed E-state index contributed by atoms with van der Waals surface area (Å²) < 4.78 is 1.50. The Balaban J connectivity index is 1.86. The van der Waals surface area contributed by atoms with E-state index in [4.69, 9.17) is 23.1 Å².